The van der Waals surface area contributed by atoms with Crippen LogP contribution in [0.15, 0.2) is 29.4 Å². The molecule has 0 saturated carbocycles. The smallest absolute Gasteiger partial charge is 0.141 e. The highest BCUT2D eigenvalue weighted by Gasteiger charge is 2.32. The van der Waals surface area contributed by atoms with Crippen LogP contribution in [0.3, 0.4) is 0 Å². The third-order valence-corrected chi connectivity index (χ3v) is 5.55. The van der Waals surface area contributed by atoms with Crippen LogP contribution in [0.4, 0.5) is 0 Å². The molecule has 3 N–H and O–H groups in total. The number of aryl methyl sites for hydroxylation is 1. The third-order valence-electron chi connectivity index (χ3n) is 4.85. The normalized spacial score (nSPS) is 17.6. The summed E-state index contributed by atoms with van der Waals surface area (Å²) >= 11 is 1.67. The minimum atomic E-state index is -0.138. The molecule has 1 atom stereocenters. The summed E-state index contributed by atoms with van der Waals surface area (Å²) in [5.41, 5.74) is 5.41. The van der Waals surface area contributed by atoms with Crippen molar-refractivity contribution in [3.8, 4) is 5.75 Å². The molecule has 0 aliphatic carbocycles. The highest BCUT2D eigenvalue weighted by atomic mass is 32.1. The number of nitrogens with one attached hydrogen (secondary N) is 1. The lowest BCUT2D eigenvalue weighted by atomic mass is 9.96. The molecule has 4 heterocycles. The number of nitrogens with zero attached hydrogens (tertiary/aromatic N) is 3. The van der Waals surface area contributed by atoms with Crippen LogP contribution in [0.1, 0.15) is 39.8 Å². The van der Waals surface area contributed by atoms with Gasteiger partial charge in [-0.2, -0.15) is 11.3 Å². The molecule has 0 unspecified atom stereocenters. The van der Waals surface area contributed by atoms with E-state index in [-0.39, 0.29) is 18.4 Å². The van der Waals surface area contributed by atoms with Crippen LogP contribution in [-0.2, 0) is 19.6 Å². The van der Waals surface area contributed by atoms with E-state index < -0.39 is 0 Å². The molecule has 4 rings (SSSR count). The molecule has 25 heavy (non-hydrogen) atoms. The predicted octanol–water partition coefficient (Wildman–Crippen LogP) is 2.52. The van der Waals surface area contributed by atoms with E-state index in [2.05, 4.69) is 36.7 Å². The molecule has 0 saturated heterocycles. The first-order valence-corrected chi connectivity index (χ1v) is 9.18. The molecule has 3 aromatic rings. The molecule has 130 valence electrons. The summed E-state index contributed by atoms with van der Waals surface area (Å²) < 4.78 is 0. The van der Waals surface area contributed by atoms with E-state index in [4.69, 9.17) is 0 Å². The summed E-state index contributed by atoms with van der Waals surface area (Å²) in [4.78, 5) is 14.3. The van der Waals surface area contributed by atoms with E-state index >= 15 is 0 Å². The average molecular weight is 356 g/mol. The summed E-state index contributed by atoms with van der Waals surface area (Å²) in [5.74, 6) is 0.170. The van der Waals surface area contributed by atoms with Crippen molar-refractivity contribution < 1.29 is 10.2 Å². The van der Waals surface area contributed by atoms with E-state index in [0.717, 1.165) is 24.2 Å². The number of imidazole rings is 1. The maximum absolute atomic E-state index is 10.5. The molecular weight excluding hydrogens is 336 g/mol. The van der Waals surface area contributed by atoms with Crippen LogP contribution in [0, 0.1) is 6.92 Å². The van der Waals surface area contributed by atoms with Gasteiger partial charge < -0.3 is 15.2 Å². The molecule has 1 aliphatic heterocycles. The van der Waals surface area contributed by atoms with Crippen LogP contribution in [-0.4, -0.2) is 36.6 Å². The maximum Gasteiger partial charge on any atom is 0.141 e. The van der Waals surface area contributed by atoms with Gasteiger partial charge in [0.1, 0.15) is 5.75 Å². The number of aromatic hydroxyl groups is 1. The largest absolute Gasteiger partial charge is 0.506 e. The van der Waals surface area contributed by atoms with Crippen LogP contribution in [0.25, 0.3) is 0 Å². The Bertz CT molecular complexity index is 875. The number of pyridine rings is 1. The van der Waals surface area contributed by atoms with Crippen molar-refractivity contribution in [2.45, 2.75) is 32.5 Å². The number of H-pyrrole nitrogens is 1. The van der Waals surface area contributed by atoms with Gasteiger partial charge in [-0.3, -0.25) is 9.88 Å². The molecule has 0 radical (unpaired) electrons. The van der Waals surface area contributed by atoms with E-state index in [0.29, 0.717) is 17.8 Å². The average Bonchev–Trinajstić information content (AvgIpc) is 3.30. The van der Waals surface area contributed by atoms with Gasteiger partial charge in [-0.05, 0) is 29.3 Å². The van der Waals surface area contributed by atoms with Crippen molar-refractivity contribution >= 4 is 11.3 Å². The van der Waals surface area contributed by atoms with Crippen LogP contribution in [0.2, 0.25) is 0 Å². The first-order chi connectivity index (χ1) is 12.2. The highest BCUT2D eigenvalue weighted by Crippen LogP contribution is 2.37. The van der Waals surface area contributed by atoms with Crippen LogP contribution in [0.5, 0.6) is 5.75 Å². The second-order valence-corrected chi connectivity index (χ2v) is 7.08. The molecule has 6 nitrogen and oxygen atoms in total. The van der Waals surface area contributed by atoms with E-state index in [9.17, 15) is 10.2 Å². The second kappa shape index (κ2) is 6.59. The molecule has 0 bridgehead atoms. The SMILES string of the molecule is Cc1ncc(CO)c(CN2CCc3[nH]cnc3[C@H]2c2ccsc2)c1O. The topological polar surface area (TPSA) is 85.3 Å². The van der Waals surface area contributed by atoms with Gasteiger partial charge in [0.25, 0.3) is 0 Å². The van der Waals surface area contributed by atoms with Crippen molar-refractivity contribution in [2.24, 2.45) is 0 Å². The Kier molecular flexibility index (Phi) is 4.29. The van der Waals surface area contributed by atoms with Crippen molar-refractivity contribution in [2.75, 3.05) is 6.54 Å². The minimum absolute atomic E-state index is 0.0423. The van der Waals surface area contributed by atoms with Crippen molar-refractivity contribution in [3.05, 3.63) is 63.1 Å². The molecule has 0 fully saturated rings. The zero-order valence-corrected chi connectivity index (χ0v) is 14.8. The number of aromatic nitrogens is 3. The summed E-state index contributed by atoms with van der Waals surface area (Å²) in [6, 6.07) is 2.16. The highest BCUT2D eigenvalue weighted by molar-refractivity contribution is 7.08. The van der Waals surface area contributed by atoms with Gasteiger partial charge in [-0.25, -0.2) is 4.98 Å². The lowest BCUT2D eigenvalue weighted by Crippen LogP contribution is -2.36. The van der Waals surface area contributed by atoms with Crippen molar-refractivity contribution in [3.63, 3.8) is 0 Å². The lowest BCUT2D eigenvalue weighted by Gasteiger charge is -2.35. The molecule has 1 aliphatic rings. The van der Waals surface area contributed by atoms with Gasteiger partial charge in [0.15, 0.2) is 0 Å². The first-order valence-electron chi connectivity index (χ1n) is 8.24. The van der Waals surface area contributed by atoms with Gasteiger partial charge in [-0.1, -0.05) is 0 Å². The standard InChI is InChI=1S/C18H20N4O2S/c1-11-18(24)14(13(8-23)6-19-11)7-22-4-2-15-16(21-10-20-15)17(22)12-3-5-25-9-12/h3,5-6,9-10,17,23-24H,2,4,7-8H2,1H3,(H,20,21)/t17-/m1/s1. The molecule has 3 aromatic heterocycles. The molecular formula is C18H20N4O2S. The Balaban J connectivity index is 1.74. The fraction of sp³-hybridized carbons (Fsp3) is 0.333. The molecule has 7 heteroatoms. The summed E-state index contributed by atoms with van der Waals surface area (Å²) in [6.45, 7) is 3.03. The summed E-state index contributed by atoms with van der Waals surface area (Å²) in [7, 11) is 0. The monoisotopic (exact) mass is 356 g/mol. The molecule has 0 aromatic carbocycles. The number of hydrogen-bond donors (Lipinski definition) is 3. The lowest BCUT2D eigenvalue weighted by molar-refractivity contribution is 0.195. The van der Waals surface area contributed by atoms with E-state index in [1.54, 1.807) is 30.8 Å². The van der Waals surface area contributed by atoms with Crippen molar-refractivity contribution in [1.29, 1.82) is 0 Å². The Morgan fingerprint density at radius 1 is 1.40 bits per heavy atom. The van der Waals surface area contributed by atoms with Gasteiger partial charge in [0.2, 0.25) is 0 Å². The third kappa shape index (κ3) is 2.84. The first kappa shape index (κ1) is 16.3. The number of thiophene rings is 1. The fourth-order valence-corrected chi connectivity index (χ4v) is 4.17. The van der Waals surface area contributed by atoms with Crippen LogP contribution >= 0.6 is 11.3 Å². The van der Waals surface area contributed by atoms with Gasteiger partial charge in [-0.15, -0.1) is 0 Å². The van der Waals surface area contributed by atoms with Gasteiger partial charge >= 0.3 is 0 Å². The Morgan fingerprint density at radius 2 is 2.28 bits per heavy atom. The summed E-state index contributed by atoms with van der Waals surface area (Å²) in [6.07, 6.45) is 4.28. The second-order valence-electron chi connectivity index (χ2n) is 6.30. The number of hydrogen-bond acceptors (Lipinski definition) is 6. The Hall–Kier alpha value is -2.22. The van der Waals surface area contributed by atoms with Crippen molar-refractivity contribution in [1.82, 2.24) is 19.9 Å². The van der Waals surface area contributed by atoms with Crippen LogP contribution < -0.4 is 0 Å². The quantitative estimate of drug-likeness (QED) is 0.669. The number of rotatable bonds is 4. The fourth-order valence-electron chi connectivity index (χ4n) is 3.49. The zero-order valence-electron chi connectivity index (χ0n) is 13.9. The number of aliphatic hydroxyl groups is 1. The number of fused-ring (bicyclic) bond motifs is 1. The van der Waals surface area contributed by atoms with Gasteiger partial charge in [0.05, 0.1) is 30.4 Å². The number of aromatic amines is 1. The summed E-state index contributed by atoms with van der Waals surface area (Å²) in [5, 5.41) is 24.4. The zero-order chi connectivity index (χ0) is 17.4. The molecule has 0 amide bonds. The maximum atomic E-state index is 10.5. The molecule has 0 spiro atoms. The number of aliphatic hydroxyl groups excluding tert-OH is 1. The van der Waals surface area contributed by atoms with Gasteiger partial charge in [0, 0.05) is 42.5 Å². The minimum Gasteiger partial charge on any atom is -0.506 e. The van der Waals surface area contributed by atoms with E-state index in [1.807, 2.05) is 0 Å². The Morgan fingerprint density at radius 3 is 3.04 bits per heavy atom. The predicted molar refractivity (Wildman–Crippen MR) is 95.4 cm³/mol. The van der Waals surface area contributed by atoms with E-state index in [1.165, 1.54) is 11.3 Å². The Labute approximate surface area is 149 Å².